The molecule has 2 fully saturated rings. The molecule has 0 saturated carbocycles. The fraction of sp³-hybridized carbons (Fsp3) is 0.722. The first-order valence-corrected chi connectivity index (χ1v) is 8.93. The molecule has 4 nitrogen and oxygen atoms in total. The molecule has 0 spiro atoms. The Labute approximate surface area is 134 Å². The highest BCUT2D eigenvalue weighted by Gasteiger charge is 2.29. The lowest BCUT2D eigenvalue weighted by molar-refractivity contribution is 0.0849. The van der Waals surface area contributed by atoms with Crippen molar-refractivity contribution >= 4 is 0 Å². The van der Waals surface area contributed by atoms with Crippen LogP contribution in [0.4, 0.5) is 0 Å². The van der Waals surface area contributed by atoms with Crippen LogP contribution >= 0.6 is 0 Å². The molecule has 3 heterocycles. The summed E-state index contributed by atoms with van der Waals surface area (Å²) in [5.74, 6) is 0. The van der Waals surface area contributed by atoms with Crippen molar-refractivity contribution in [3.05, 3.63) is 30.1 Å². The quantitative estimate of drug-likeness (QED) is 0.925. The third-order valence-electron chi connectivity index (χ3n) is 5.15. The second-order valence-electron chi connectivity index (χ2n) is 6.81. The van der Waals surface area contributed by atoms with Gasteiger partial charge in [-0.05, 0) is 44.5 Å². The van der Waals surface area contributed by atoms with E-state index in [1.54, 1.807) is 0 Å². The average molecular weight is 302 g/mol. The number of piperazine rings is 1. The van der Waals surface area contributed by atoms with Crippen LogP contribution in [0, 0.1) is 0 Å². The van der Waals surface area contributed by atoms with Gasteiger partial charge in [-0.2, -0.15) is 0 Å². The van der Waals surface area contributed by atoms with E-state index in [4.69, 9.17) is 0 Å². The third-order valence-corrected chi connectivity index (χ3v) is 5.15. The van der Waals surface area contributed by atoms with Gasteiger partial charge in [0.1, 0.15) is 0 Å². The Bertz CT molecular complexity index is 428. The van der Waals surface area contributed by atoms with E-state index in [0.717, 1.165) is 26.2 Å². The minimum absolute atomic E-state index is 0.476. The van der Waals surface area contributed by atoms with Gasteiger partial charge in [-0.15, -0.1) is 0 Å². The first-order chi connectivity index (χ1) is 10.8. The van der Waals surface area contributed by atoms with Gasteiger partial charge in [-0.3, -0.25) is 9.88 Å². The molecule has 2 aliphatic heterocycles. The number of rotatable bonds is 4. The first kappa shape index (κ1) is 15.9. The van der Waals surface area contributed by atoms with Crippen LogP contribution in [0.25, 0.3) is 0 Å². The lowest BCUT2D eigenvalue weighted by Crippen LogP contribution is -2.53. The van der Waals surface area contributed by atoms with E-state index < -0.39 is 0 Å². The van der Waals surface area contributed by atoms with Gasteiger partial charge in [0.05, 0.1) is 0 Å². The van der Waals surface area contributed by atoms with Crippen LogP contribution < -0.4 is 5.32 Å². The van der Waals surface area contributed by atoms with Crippen LogP contribution in [0.1, 0.15) is 44.2 Å². The molecule has 0 amide bonds. The van der Waals surface area contributed by atoms with Crippen molar-refractivity contribution in [1.29, 1.82) is 0 Å². The smallest absolute Gasteiger partial charge is 0.0494 e. The van der Waals surface area contributed by atoms with Gasteiger partial charge < -0.3 is 10.2 Å². The van der Waals surface area contributed by atoms with E-state index in [9.17, 15) is 0 Å². The highest BCUT2D eigenvalue weighted by atomic mass is 15.3. The summed E-state index contributed by atoms with van der Waals surface area (Å²) in [7, 11) is 0. The summed E-state index contributed by atoms with van der Waals surface area (Å²) in [6.07, 6.45) is 9.47. The van der Waals surface area contributed by atoms with Crippen LogP contribution in [0.15, 0.2) is 24.5 Å². The number of hydrogen-bond acceptors (Lipinski definition) is 4. The van der Waals surface area contributed by atoms with Gasteiger partial charge in [-0.1, -0.05) is 18.9 Å². The number of pyridine rings is 1. The van der Waals surface area contributed by atoms with Crippen molar-refractivity contribution < 1.29 is 0 Å². The zero-order chi connectivity index (χ0) is 15.2. The number of hydrogen-bond donors (Lipinski definition) is 1. The van der Waals surface area contributed by atoms with Crippen LogP contribution in [0.5, 0.6) is 0 Å². The maximum Gasteiger partial charge on any atom is 0.0494 e. The highest BCUT2D eigenvalue weighted by molar-refractivity contribution is 5.15. The SMILES string of the molecule is CC1CNCCN1C(CN1CCCCCC1)c1cccnc1. The Balaban J connectivity index is 1.76. The molecule has 0 radical (unpaired) electrons. The van der Waals surface area contributed by atoms with E-state index in [-0.39, 0.29) is 0 Å². The monoisotopic (exact) mass is 302 g/mol. The predicted octanol–water partition coefficient (Wildman–Crippen LogP) is 2.29. The number of likely N-dealkylation sites (tertiary alicyclic amines) is 1. The summed E-state index contributed by atoms with van der Waals surface area (Å²) in [5.41, 5.74) is 1.38. The Morgan fingerprint density at radius 2 is 2.05 bits per heavy atom. The largest absolute Gasteiger partial charge is 0.314 e. The summed E-state index contributed by atoms with van der Waals surface area (Å²) in [4.78, 5) is 9.74. The molecule has 2 unspecified atom stereocenters. The molecule has 1 aromatic heterocycles. The Morgan fingerprint density at radius 3 is 2.73 bits per heavy atom. The number of nitrogens with zero attached hydrogens (tertiary/aromatic N) is 3. The maximum absolute atomic E-state index is 4.38. The average Bonchev–Trinajstić information content (AvgIpc) is 2.83. The standard InChI is InChI=1S/C18H30N4/c1-16-13-20-9-12-22(16)18(17-7-6-8-19-14-17)15-21-10-4-2-3-5-11-21/h6-8,14,16,18,20H,2-5,9-13,15H2,1H3. The van der Waals surface area contributed by atoms with Crippen LogP contribution in [-0.4, -0.2) is 60.1 Å². The topological polar surface area (TPSA) is 31.4 Å². The van der Waals surface area contributed by atoms with Gasteiger partial charge in [0.25, 0.3) is 0 Å². The minimum atomic E-state index is 0.476. The summed E-state index contributed by atoms with van der Waals surface area (Å²) in [6, 6.07) is 5.40. The second kappa shape index (κ2) is 8.04. The zero-order valence-corrected chi connectivity index (χ0v) is 13.9. The van der Waals surface area contributed by atoms with Crippen LogP contribution in [-0.2, 0) is 0 Å². The van der Waals surface area contributed by atoms with Crippen molar-refractivity contribution in [3.8, 4) is 0 Å². The highest BCUT2D eigenvalue weighted by Crippen LogP contribution is 2.25. The molecular weight excluding hydrogens is 272 g/mol. The molecule has 2 aliphatic rings. The fourth-order valence-corrected chi connectivity index (χ4v) is 3.86. The molecule has 0 aromatic carbocycles. The normalized spacial score (nSPS) is 26.5. The van der Waals surface area contributed by atoms with E-state index in [2.05, 4.69) is 45.4 Å². The molecule has 122 valence electrons. The van der Waals surface area contributed by atoms with Crippen LogP contribution in [0.3, 0.4) is 0 Å². The number of aromatic nitrogens is 1. The zero-order valence-electron chi connectivity index (χ0n) is 13.9. The Hall–Kier alpha value is -0.970. The van der Waals surface area contributed by atoms with Crippen molar-refractivity contribution in [1.82, 2.24) is 20.1 Å². The molecule has 0 aliphatic carbocycles. The summed E-state index contributed by atoms with van der Waals surface area (Å²) >= 11 is 0. The van der Waals surface area contributed by atoms with Gasteiger partial charge in [0.15, 0.2) is 0 Å². The van der Waals surface area contributed by atoms with E-state index >= 15 is 0 Å². The Kier molecular flexibility index (Phi) is 5.82. The molecule has 4 heteroatoms. The van der Waals surface area contributed by atoms with Gasteiger partial charge in [0.2, 0.25) is 0 Å². The molecule has 0 bridgehead atoms. The molecular formula is C18H30N4. The van der Waals surface area contributed by atoms with E-state index in [0.29, 0.717) is 12.1 Å². The predicted molar refractivity (Wildman–Crippen MR) is 90.9 cm³/mol. The molecule has 22 heavy (non-hydrogen) atoms. The first-order valence-electron chi connectivity index (χ1n) is 8.93. The summed E-state index contributed by atoms with van der Waals surface area (Å²) in [6.45, 7) is 9.34. The van der Waals surface area contributed by atoms with Crippen molar-refractivity contribution in [2.24, 2.45) is 0 Å². The van der Waals surface area contributed by atoms with Gasteiger partial charge in [0, 0.05) is 50.7 Å². The van der Waals surface area contributed by atoms with Gasteiger partial charge in [-0.25, -0.2) is 0 Å². The van der Waals surface area contributed by atoms with E-state index in [1.807, 2.05) is 6.20 Å². The van der Waals surface area contributed by atoms with Crippen LogP contribution in [0.2, 0.25) is 0 Å². The fourth-order valence-electron chi connectivity index (χ4n) is 3.86. The molecule has 2 saturated heterocycles. The molecule has 1 aromatic rings. The second-order valence-corrected chi connectivity index (χ2v) is 6.81. The van der Waals surface area contributed by atoms with Crippen molar-refractivity contribution in [2.75, 3.05) is 39.3 Å². The minimum Gasteiger partial charge on any atom is -0.314 e. The molecule has 3 rings (SSSR count). The number of nitrogens with one attached hydrogen (secondary N) is 1. The maximum atomic E-state index is 4.38. The van der Waals surface area contributed by atoms with E-state index in [1.165, 1.54) is 44.3 Å². The van der Waals surface area contributed by atoms with Crippen molar-refractivity contribution in [3.63, 3.8) is 0 Å². The van der Waals surface area contributed by atoms with Crippen molar-refractivity contribution in [2.45, 2.75) is 44.7 Å². The summed E-state index contributed by atoms with van der Waals surface area (Å²) < 4.78 is 0. The lowest BCUT2D eigenvalue weighted by atomic mass is 10.0. The Morgan fingerprint density at radius 1 is 1.23 bits per heavy atom. The van der Waals surface area contributed by atoms with Gasteiger partial charge >= 0.3 is 0 Å². The summed E-state index contributed by atoms with van der Waals surface area (Å²) in [5, 5.41) is 3.51. The molecule has 1 N–H and O–H groups in total. The third kappa shape index (κ3) is 4.06. The lowest BCUT2D eigenvalue weighted by Gasteiger charge is -2.42. The molecule has 2 atom stereocenters.